The van der Waals surface area contributed by atoms with Crippen LogP contribution in [-0.2, 0) is 0 Å². The molecule has 0 aliphatic heterocycles. The molecule has 1 aromatic carbocycles. The lowest BCUT2D eigenvalue weighted by atomic mass is 9.79. The highest BCUT2D eigenvalue weighted by Gasteiger charge is 2.21. The molecular weight excluding hydrogens is 272 g/mol. The number of benzene rings is 1. The summed E-state index contributed by atoms with van der Waals surface area (Å²) in [7, 11) is 1.36. The van der Waals surface area contributed by atoms with Crippen molar-refractivity contribution in [3.8, 4) is 11.4 Å². The van der Waals surface area contributed by atoms with Crippen LogP contribution < -0.4 is 0 Å². The molecule has 0 bridgehead atoms. The van der Waals surface area contributed by atoms with Crippen LogP contribution in [0.4, 0.5) is 0 Å². The van der Waals surface area contributed by atoms with E-state index < -0.39 is 0 Å². The predicted octanol–water partition coefficient (Wildman–Crippen LogP) is 3.51. The molecule has 1 fully saturated rings. The minimum Gasteiger partial charge on any atom is -0.236 e. The normalized spacial score (nSPS) is 22.3. The fourth-order valence-electron chi connectivity index (χ4n) is 3.35. The number of hydrogen-bond donors (Lipinski definition) is 0. The molecule has 1 heterocycles. The van der Waals surface area contributed by atoms with E-state index >= 15 is 0 Å². The first-order valence-electron chi connectivity index (χ1n) is 8.15. The van der Waals surface area contributed by atoms with Crippen LogP contribution in [0.2, 0.25) is 6.04 Å². The first-order chi connectivity index (χ1) is 10.3. The Labute approximate surface area is 130 Å². The molecule has 3 rings (SSSR count). The Morgan fingerprint density at radius 1 is 1.00 bits per heavy atom. The lowest BCUT2D eigenvalue weighted by molar-refractivity contribution is 0.348. The summed E-state index contributed by atoms with van der Waals surface area (Å²) in [5.41, 5.74) is 3.72. The second-order valence-electron chi connectivity index (χ2n) is 6.33. The van der Waals surface area contributed by atoms with Crippen LogP contribution in [0, 0.1) is 12.8 Å². The number of aryl methyl sites for hydroxylation is 1. The van der Waals surface area contributed by atoms with Gasteiger partial charge in [-0.15, -0.1) is 0 Å². The van der Waals surface area contributed by atoms with Crippen molar-refractivity contribution >= 4 is 10.2 Å². The van der Waals surface area contributed by atoms with E-state index in [2.05, 4.69) is 34.2 Å². The van der Waals surface area contributed by atoms with Crippen molar-refractivity contribution in [3.63, 3.8) is 0 Å². The summed E-state index contributed by atoms with van der Waals surface area (Å²) in [6, 6.07) is 10.4. The van der Waals surface area contributed by atoms with Gasteiger partial charge in [-0.25, -0.2) is 9.97 Å². The number of rotatable bonds is 3. The number of hydrogen-bond acceptors (Lipinski definition) is 2. The van der Waals surface area contributed by atoms with Crippen LogP contribution in [0.5, 0.6) is 0 Å². The Hall–Kier alpha value is -1.48. The molecule has 110 valence electrons. The van der Waals surface area contributed by atoms with E-state index in [1.54, 1.807) is 0 Å². The van der Waals surface area contributed by atoms with Gasteiger partial charge < -0.3 is 0 Å². The molecule has 0 saturated heterocycles. The van der Waals surface area contributed by atoms with Gasteiger partial charge in [0.25, 0.3) is 0 Å². The van der Waals surface area contributed by atoms with Crippen LogP contribution in [0.1, 0.15) is 42.7 Å². The van der Waals surface area contributed by atoms with Gasteiger partial charge in [-0.1, -0.05) is 43.2 Å². The van der Waals surface area contributed by atoms with Crippen molar-refractivity contribution in [2.24, 2.45) is 5.92 Å². The lowest BCUT2D eigenvalue weighted by Gasteiger charge is -2.28. The molecule has 1 aliphatic carbocycles. The maximum absolute atomic E-state index is 4.40. The van der Waals surface area contributed by atoms with Crippen molar-refractivity contribution in [3.05, 3.63) is 47.8 Å². The smallest absolute Gasteiger partial charge is 0.159 e. The Kier molecular flexibility index (Phi) is 4.49. The monoisotopic (exact) mass is 296 g/mol. The summed E-state index contributed by atoms with van der Waals surface area (Å²) in [6.07, 6.45) is 9.35. The highest BCUT2D eigenvalue weighted by molar-refractivity contribution is 6.08. The van der Waals surface area contributed by atoms with Crippen molar-refractivity contribution in [2.75, 3.05) is 0 Å². The van der Waals surface area contributed by atoms with Crippen molar-refractivity contribution in [1.82, 2.24) is 9.97 Å². The molecule has 0 N–H and O–H groups in total. The summed E-state index contributed by atoms with van der Waals surface area (Å²) in [5.74, 6) is 2.61. The molecule has 0 radical (unpaired) electrons. The van der Waals surface area contributed by atoms with Gasteiger partial charge in [0.1, 0.15) is 0 Å². The molecule has 0 atom stereocenters. The summed E-state index contributed by atoms with van der Waals surface area (Å²) < 4.78 is 0. The third-order valence-corrected chi connectivity index (χ3v) is 6.00. The van der Waals surface area contributed by atoms with Gasteiger partial charge >= 0.3 is 0 Å². The minimum atomic E-state index is 0.766. The fourth-order valence-corrected chi connectivity index (χ4v) is 4.17. The van der Waals surface area contributed by atoms with Crippen molar-refractivity contribution in [2.45, 2.75) is 44.6 Å². The fraction of sp³-hybridized carbons (Fsp3) is 0.444. The van der Waals surface area contributed by atoms with Crippen molar-refractivity contribution in [1.29, 1.82) is 0 Å². The zero-order valence-corrected chi connectivity index (χ0v) is 15.0. The first-order valence-corrected chi connectivity index (χ1v) is 9.56. The highest BCUT2D eigenvalue weighted by atomic mass is 28.1. The molecule has 3 heteroatoms. The van der Waals surface area contributed by atoms with Crippen LogP contribution in [0.3, 0.4) is 0 Å². The second kappa shape index (κ2) is 6.52. The molecule has 1 saturated carbocycles. The molecule has 21 heavy (non-hydrogen) atoms. The molecule has 1 aliphatic rings. The van der Waals surface area contributed by atoms with Crippen LogP contribution >= 0.6 is 0 Å². The lowest BCUT2D eigenvalue weighted by Crippen LogP contribution is -2.12. The van der Waals surface area contributed by atoms with Gasteiger partial charge in [0.05, 0.1) is 0 Å². The average Bonchev–Trinajstić information content (AvgIpc) is 2.56. The van der Waals surface area contributed by atoms with E-state index in [1.165, 1.54) is 47.5 Å². The van der Waals surface area contributed by atoms with Gasteiger partial charge in [-0.3, -0.25) is 0 Å². The summed E-state index contributed by atoms with van der Waals surface area (Å²) in [6.45, 7) is 2.02. The predicted molar refractivity (Wildman–Crippen MR) is 91.7 cm³/mol. The zero-order chi connectivity index (χ0) is 14.7. The van der Waals surface area contributed by atoms with Crippen LogP contribution in [-0.4, -0.2) is 20.2 Å². The van der Waals surface area contributed by atoms with E-state index in [-0.39, 0.29) is 0 Å². The van der Waals surface area contributed by atoms with E-state index in [1.807, 2.05) is 19.3 Å². The topological polar surface area (TPSA) is 25.8 Å². The molecule has 0 spiro atoms. The standard InChI is InChI=1S/C18H24N2Si/c1-13-10-19-18(20-11-13)17-8-6-16(7-9-17)15-4-2-14(12-21)3-5-15/h6-11,14-15H,2-5,12H2,1,21H3. The molecule has 2 aromatic rings. The minimum absolute atomic E-state index is 0.766. The van der Waals surface area contributed by atoms with E-state index in [0.29, 0.717) is 0 Å². The Morgan fingerprint density at radius 3 is 2.19 bits per heavy atom. The summed E-state index contributed by atoms with van der Waals surface area (Å²) in [5, 5.41) is 0. The zero-order valence-electron chi connectivity index (χ0n) is 13.0. The van der Waals surface area contributed by atoms with Crippen LogP contribution in [0.25, 0.3) is 11.4 Å². The first kappa shape index (κ1) is 14.5. The largest absolute Gasteiger partial charge is 0.236 e. The molecular formula is C18H24N2Si. The third kappa shape index (κ3) is 3.41. The van der Waals surface area contributed by atoms with Gasteiger partial charge in [0, 0.05) is 28.2 Å². The van der Waals surface area contributed by atoms with Crippen molar-refractivity contribution < 1.29 is 0 Å². The Bertz CT molecular complexity index is 569. The molecule has 0 unspecified atom stereocenters. The summed E-state index contributed by atoms with van der Waals surface area (Å²) in [4.78, 5) is 8.81. The Morgan fingerprint density at radius 2 is 1.62 bits per heavy atom. The van der Waals surface area contributed by atoms with Gasteiger partial charge in [0.2, 0.25) is 0 Å². The molecule has 0 amide bonds. The molecule has 2 nitrogen and oxygen atoms in total. The van der Waals surface area contributed by atoms with Gasteiger partial charge in [0.15, 0.2) is 5.82 Å². The third-order valence-electron chi connectivity index (χ3n) is 4.85. The number of nitrogens with zero attached hydrogens (tertiary/aromatic N) is 2. The SMILES string of the molecule is Cc1cnc(-c2ccc(C3CCC(C[SiH3])CC3)cc2)nc1. The number of aromatic nitrogens is 2. The maximum Gasteiger partial charge on any atom is 0.159 e. The maximum atomic E-state index is 4.40. The second-order valence-corrected chi connectivity index (χ2v) is 7.15. The average molecular weight is 296 g/mol. The highest BCUT2D eigenvalue weighted by Crippen LogP contribution is 2.37. The quantitative estimate of drug-likeness (QED) is 0.810. The van der Waals surface area contributed by atoms with Gasteiger partial charge in [-0.05, 0) is 42.7 Å². The van der Waals surface area contributed by atoms with Gasteiger partial charge in [-0.2, -0.15) is 0 Å². The summed E-state index contributed by atoms with van der Waals surface area (Å²) >= 11 is 0. The molecule has 1 aromatic heterocycles. The van der Waals surface area contributed by atoms with E-state index in [0.717, 1.165) is 28.8 Å². The van der Waals surface area contributed by atoms with E-state index in [4.69, 9.17) is 0 Å². The Balaban J connectivity index is 1.71. The van der Waals surface area contributed by atoms with Crippen LogP contribution in [0.15, 0.2) is 36.7 Å². The van der Waals surface area contributed by atoms with E-state index in [9.17, 15) is 0 Å².